The molecule has 0 bridgehead atoms. The van der Waals surface area contributed by atoms with E-state index in [9.17, 15) is 9.18 Å². The quantitative estimate of drug-likeness (QED) is 0.607. The molecule has 1 aliphatic heterocycles. The van der Waals surface area contributed by atoms with Crippen LogP contribution in [0.25, 0.3) is 11.4 Å². The molecule has 0 aliphatic carbocycles. The minimum atomic E-state index is -0.345. The number of aromatic nitrogens is 2. The predicted octanol–water partition coefficient (Wildman–Crippen LogP) is 4.66. The molecule has 0 radical (unpaired) electrons. The van der Waals surface area contributed by atoms with Crippen LogP contribution in [0.5, 0.6) is 0 Å². The fourth-order valence-corrected chi connectivity index (χ4v) is 3.55. The average Bonchev–Trinajstić information content (AvgIpc) is 3.18. The molecule has 2 aromatic carbocycles. The van der Waals surface area contributed by atoms with E-state index in [2.05, 4.69) is 26.1 Å². The first-order valence-corrected chi connectivity index (χ1v) is 9.54. The van der Waals surface area contributed by atoms with Gasteiger partial charge in [-0.15, -0.1) is 0 Å². The highest BCUT2D eigenvalue weighted by atomic mass is 79.9. The van der Waals surface area contributed by atoms with E-state index in [0.717, 1.165) is 17.3 Å². The van der Waals surface area contributed by atoms with Crippen LogP contribution in [0.3, 0.4) is 0 Å². The van der Waals surface area contributed by atoms with Crippen molar-refractivity contribution >= 4 is 21.8 Å². The first-order valence-electron chi connectivity index (χ1n) is 8.74. The largest absolute Gasteiger partial charge is 0.339 e. The molecule has 1 aromatic heterocycles. The van der Waals surface area contributed by atoms with Gasteiger partial charge in [-0.3, -0.25) is 4.79 Å². The molecule has 5 nitrogen and oxygen atoms in total. The summed E-state index contributed by atoms with van der Waals surface area (Å²) in [6.07, 6.45) is 1.74. The monoisotopic (exact) mass is 429 g/mol. The number of nitrogens with zero attached hydrogens (tertiary/aromatic N) is 3. The lowest BCUT2D eigenvalue weighted by Crippen LogP contribution is -2.39. The molecule has 1 atom stereocenters. The summed E-state index contributed by atoms with van der Waals surface area (Å²) in [6.45, 7) is 1.23. The molecule has 138 valence electrons. The number of hydrogen-bond acceptors (Lipinski definition) is 4. The Balaban J connectivity index is 1.50. The van der Waals surface area contributed by atoms with Crippen molar-refractivity contribution in [1.82, 2.24) is 15.0 Å². The van der Waals surface area contributed by atoms with Gasteiger partial charge in [-0.25, -0.2) is 4.39 Å². The molecule has 1 amide bonds. The Morgan fingerprint density at radius 1 is 1.22 bits per heavy atom. The van der Waals surface area contributed by atoms with Crippen molar-refractivity contribution < 1.29 is 13.7 Å². The number of carbonyl (C=O) groups excluding carboxylic acids is 1. The summed E-state index contributed by atoms with van der Waals surface area (Å²) in [7, 11) is 0. The van der Waals surface area contributed by atoms with Gasteiger partial charge in [0.2, 0.25) is 11.7 Å². The number of hydrogen-bond donors (Lipinski definition) is 0. The SMILES string of the molecule is O=C(c1ccc(Br)cc1)N1CCCC(c2nc(-c3cccc(F)c3)no2)C1. The van der Waals surface area contributed by atoms with Gasteiger partial charge in [-0.2, -0.15) is 4.98 Å². The van der Waals surface area contributed by atoms with E-state index in [-0.39, 0.29) is 17.6 Å². The zero-order chi connectivity index (χ0) is 18.8. The standard InChI is InChI=1S/C20H17BrFN3O2/c21-16-8-6-13(7-9-16)20(26)25-10-2-4-15(12-25)19-23-18(24-27-19)14-3-1-5-17(22)11-14/h1,3,5-9,11,15H,2,4,10,12H2. The number of carbonyl (C=O) groups is 1. The summed E-state index contributed by atoms with van der Waals surface area (Å²) < 4.78 is 19.8. The van der Waals surface area contributed by atoms with E-state index in [0.29, 0.717) is 35.9 Å². The molecular weight excluding hydrogens is 413 g/mol. The highest BCUT2D eigenvalue weighted by molar-refractivity contribution is 9.10. The van der Waals surface area contributed by atoms with Gasteiger partial charge in [0, 0.05) is 28.7 Å². The summed E-state index contributed by atoms with van der Waals surface area (Å²) in [5.74, 6) is 0.483. The second-order valence-corrected chi connectivity index (χ2v) is 7.48. The number of piperidine rings is 1. The van der Waals surface area contributed by atoms with Crippen molar-refractivity contribution in [3.63, 3.8) is 0 Å². The third-order valence-corrected chi connectivity index (χ3v) is 5.20. The Hall–Kier alpha value is -2.54. The van der Waals surface area contributed by atoms with E-state index in [1.807, 2.05) is 29.2 Å². The van der Waals surface area contributed by atoms with E-state index in [4.69, 9.17) is 4.52 Å². The molecule has 1 saturated heterocycles. The summed E-state index contributed by atoms with van der Waals surface area (Å²) in [6, 6.07) is 13.4. The summed E-state index contributed by atoms with van der Waals surface area (Å²) in [5, 5.41) is 3.98. The fraction of sp³-hybridized carbons (Fsp3) is 0.250. The zero-order valence-corrected chi connectivity index (χ0v) is 16.0. The Morgan fingerprint density at radius 2 is 2.04 bits per heavy atom. The molecule has 0 spiro atoms. The predicted molar refractivity (Wildman–Crippen MR) is 102 cm³/mol. The van der Waals surface area contributed by atoms with Crippen LogP contribution in [0.1, 0.15) is 35.0 Å². The number of rotatable bonds is 3. The number of amides is 1. The molecule has 27 heavy (non-hydrogen) atoms. The van der Waals surface area contributed by atoms with Gasteiger partial charge < -0.3 is 9.42 Å². The molecular formula is C20H17BrFN3O2. The zero-order valence-electron chi connectivity index (χ0n) is 14.4. The van der Waals surface area contributed by atoms with Crippen LogP contribution < -0.4 is 0 Å². The molecule has 4 rings (SSSR count). The Bertz CT molecular complexity index is 958. The maximum Gasteiger partial charge on any atom is 0.253 e. The first-order chi connectivity index (χ1) is 13.1. The van der Waals surface area contributed by atoms with E-state index in [1.165, 1.54) is 12.1 Å². The van der Waals surface area contributed by atoms with Gasteiger partial charge in [0.15, 0.2) is 0 Å². The summed E-state index contributed by atoms with van der Waals surface area (Å²) in [5.41, 5.74) is 1.23. The van der Waals surface area contributed by atoms with E-state index in [1.54, 1.807) is 12.1 Å². The van der Waals surface area contributed by atoms with Gasteiger partial charge in [-0.05, 0) is 49.2 Å². The van der Waals surface area contributed by atoms with Crippen molar-refractivity contribution in [1.29, 1.82) is 0 Å². The number of halogens is 2. The molecule has 7 heteroatoms. The normalized spacial score (nSPS) is 17.1. The highest BCUT2D eigenvalue weighted by Crippen LogP contribution is 2.28. The Kier molecular flexibility index (Phi) is 5.03. The smallest absolute Gasteiger partial charge is 0.253 e. The van der Waals surface area contributed by atoms with Gasteiger partial charge >= 0.3 is 0 Å². The first kappa shape index (κ1) is 17.9. The maximum atomic E-state index is 13.4. The lowest BCUT2D eigenvalue weighted by atomic mass is 9.97. The second kappa shape index (κ2) is 7.60. The third kappa shape index (κ3) is 3.93. The summed E-state index contributed by atoms with van der Waals surface area (Å²) >= 11 is 3.38. The van der Waals surface area contributed by atoms with Gasteiger partial charge in [0.25, 0.3) is 5.91 Å². The molecule has 0 N–H and O–H groups in total. The van der Waals surface area contributed by atoms with Crippen LogP contribution in [0.15, 0.2) is 57.5 Å². The lowest BCUT2D eigenvalue weighted by Gasteiger charge is -2.31. The molecule has 2 heterocycles. The number of benzene rings is 2. The van der Waals surface area contributed by atoms with Gasteiger partial charge in [0.05, 0.1) is 5.92 Å². The summed E-state index contributed by atoms with van der Waals surface area (Å²) in [4.78, 5) is 19.0. The molecule has 1 unspecified atom stereocenters. The molecule has 0 saturated carbocycles. The average molecular weight is 430 g/mol. The van der Waals surface area contributed by atoms with Crippen molar-refractivity contribution in [2.75, 3.05) is 13.1 Å². The lowest BCUT2D eigenvalue weighted by molar-refractivity contribution is 0.0695. The van der Waals surface area contributed by atoms with Crippen molar-refractivity contribution in [2.45, 2.75) is 18.8 Å². The fourth-order valence-electron chi connectivity index (χ4n) is 3.28. The van der Waals surface area contributed by atoms with E-state index >= 15 is 0 Å². The van der Waals surface area contributed by atoms with Crippen LogP contribution >= 0.6 is 15.9 Å². The minimum absolute atomic E-state index is 0.00271. The van der Waals surface area contributed by atoms with E-state index < -0.39 is 0 Å². The maximum absolute atomic E-state index is 13.4. The van der Waals surface area contributed by atoms with Crippen molar-refractivity contribution in [3.05, 3.63) is 70.3 Å². The van der Waals surface area contributed by atoms with Crippen LogP contribution in [-0.4, -0.2) is 34.0 Å². The Labute approximate surface area is 164 Å². The van der Waals surface area contributed by atoms with Gasteiger partial charge in [0.1, 0.15) is 5.82 Å². The topological polar surface area (TPSA) is 59.2 Å². The van der Waals surface area contributed by atoms with Gasteiger partial charge in [-0.1, -0.05) is 33.2 Å². The second-order valence-electron chi connectivity index (χ2n) is 6.56. The van der Waals surface area contributed by atoms with Crippen LogP contribution in [-0.2, 0) is 0 Å². The third-order valence-electron chi connectivity index (χ3n) is 4.67. The Morgan fingerprint density at radius 3 is 2.81 bits per heavy atom. The van der Waals surface area contributed by atoms with Crippen LogP contribution in [0.2, 0.25) is 0 Å². The van der Waals surface area contributed by atoms with Crippen LogP contribution in [0, 0.1) is 5.82 Å². The molecule has 3 aromatic rings. The van der Waals surface area contributed by atoms with Crippen molar-refractivity contribution in [3.8, 4) is 11.4 Å². The molecule has 1 fully saturated rings. The molecule has 1 aliphatic rings. The highest BCUT2D eigenvalue weighted by Gasteiger charge is 2.29. The van der Waals surface area contributed by atoms with Crippen LogP contribution in [0.4, 0.5) is 4.39 Å². The number of likely N-dealkylation sites (tertiary alicyclic amines) is 1. The van der Waals surface area contributed by atoms with Crippen molar-refractivity contribution in [2.24, 2.45) is 0 Å². The minimum Gasteiger partial charge on any atom is -0.339 e.